The number of amides is 1. The molecule has 116 valence electrons. The first-order chi connectivity index (χ1) is 11.2. The third kappa shape index (κ3) is 3.98. The van der Waals surface area contributed by atoms with E-state index in [1.165, 1.54) is 17.4 Å². The van der Waals surface area contributed by atoms with Gasteiger partial charge in [-0.2, -0.15) is 0 Å². The van der Waals surface area contributed by atoms with Crippen LogP contribution in [0.5, 0.6) is 0 Å². The van der Waals surface area contributed by atoms with Gasteiger partial charge in [0.05, 0.1) is 6.42 Å². The molecule has 2 heterocycles. The summed E-state index contributed by atoms with van der Waals surface area (Å²) < 4.78 is 13.7. The first kappa shape index (κ1) is 15.3. The van der Waals surface area contributed by atoms with Gasteiger partial charge in [0.15, 0.2) is 0 Å². The van der Waals surface area contributed by atoms with E-state index in [0.29, 0.717) is 17.1 Å². The summed E-state index contributed by atoms with van der Waals surface area (Å²) >= 11 is 1.33. The molecule has 6 heteroatoms. The molecule has 3 rings (SSSR count). The lowest BCUT2D eigenvalue weighted by Gasteiger charge is -2.03. The van der Waals surface area contributed by atoms with Crippen LogP contribution in [0.15, 0.2) is 55.0 Å². The van der Waals surface area contributed by atoms with E-state index in [9.17, 15) is 9.18 Å². The van der Waals surface area contributed by atoms with Crippen LogP contribution in [0.1, 0.15) is 10.4 Å². The number of aromatic nitrogens is 2. The van der Waals surface area contributed by atoms with Gasteiger partial charge in [0, 0.05) is 35.6 Å². The quantitative estimate of drug-likeness (QED) is 0.783. The lowest BCUT2D eigenvalue weighted by molar-refractivity contribution is -0.120. The van der Waals surface area contributed by atoms with E-state index in [-0.39, 0.29) is 18.1 Å². The van der Waals surface area contributed by atoms with Crippen molar-refractivity contribution in [2.45, 2.75) is 13.0 Å². The number of benzene rings is 1. The molecule has 23 heavy (non-hydrogen) atoms. The molecule has 0 radical (unpaired) electrons. The van der Waals surface area contributed by atoms with Gasteiger partial charge in [-0.05, 0) is 29.8 Å². The minimum absolute atomic E-state index is 0.0921. The molecule has 0 atom stereocenters. The maximum Gasteiger partial charge on any atom is 0.225 e. The Labute approximate surface area is 137 Å². The first-order valence-corrected chi connectivity index (χ1v) is 7.89. The molecule has 0 spiro atoms. The summed E-state index contributed by atoms with van der Waals surface area (Å²) in [5.41, 5.74) is 1.45. The zero-order valence-electron chi connectivity index (χ0n) is 12.2. The van der Waals surface area contributed by atoms with E-state index in [0.717, 1.165) is 10.4 Å². The number of carbonyl (C=O) groups excluding carboxylic acids is 1. The summed E-state index contributed by atoms with van der Waals surface area (Å²) in [5.74, 6) is -0.402. The molecule has 0 aliphatic carbocycles. The molecule has 0 saturated carbocycles. The minimum atomic E-state index is -0.310. The van der Waals surface area contributed by atoms with Crippen LogP contribution in [-0.4, -0.2) is 15.9 Å². The molecule has 2 aromatic heterocycles. The molecule has 0 fully saturated rings. The van der Waals surface area contributed by atoms with Crippen molar-refractivity contribution in [3.8, 4) is 10.6 Å². The van der Waals surface area contributed by atoms with E-state index in [1.807, 2.05) is 12.1 Å². The molecule has 0 saturated heterocycles. The number of pyridine rings is 1. The van der Waals surface area contributed by atoms with E-state index in [1.54, 1.807) is 36.8 Å². The van der Waals surface area contributed by atoms with Crippen LogP contribution in [0.4, 0.5) is 4.39 Å². The van der Waals surface area contributed by atoms with Crippen LogP contribution in [0.2, 0.25) is 0 Å². The van der Waals surface area contributed by atoms with E-state index >= 15 is 0 Å². The summed E-state index contributed by atoms with van der Waals surface area (Å²) in [6.45, 7) is 0.459. The minimum Gasteiger partial charge on any atom is -0.352 e. The predicted octanol–water partition coefficient (Wildman–Crippen LogP) is 3.20. The largest absolute Gasteiger partial charge is 0.352 e. The van der Waals surface area contributed by atoms with Crippen molar-refractivity contribution < 1.29 is 9.18 Å². The lowest BCUT2D eigenvalue weighted by Crippen LogP contribution is -2.24. The van der Waals surface area contributed by atoms with Crippen molar-refractivity contribution in [3.05, 3.63) is 71.2 Å². The van der Waals surface area contributed by atoms with Crippen LogP contribution >= 0.6 is 11.3 Å². The first-order valence-electron chi connectivity index (χ1n) is 7.07. The van der Waals surface area contributed by atoms with Crippen LogP contribution in [0.25, 0.3) is 10.6 Å². The number of thiazole rings is 1. The van der Waals surface area contributed by atoms with Gasteiger partial charge >= 0.3 is 0 Å². The van der Waals surface area contributed by atoms with Gasteiger partial charge in [-0.3, -0.25) is 9.78 Å². The number of hydrogen-bond acceptors (Lipinski definition) is 4. The van der Waals surface area contributed by atoms with Gasteiger partial charge in [-0.15, -0.1) is 11.3 Å². The Morgan fingerprint density at radius 3 is 2.74 bits per heavy atom. The average Bonchev–Trinajstić information content (AvgIpc) is 3.02. The molecule has 1 N–H and O–H groups in total. The van der Waals surface area contributed by atoms with Gasteiger partial charge in [-0.25, -0.2) is 9.37 Å². The van der Waals surface area contributed by atoms with E-state index in [4.69, 9.17) is 0 Å². The standard InChI is InChI=1S/C17H14FN3OS/c18-15-4-2-1-3-14(15)17-21-11-13(23-17)9-16(22)20-10-12-5-7-19-8-6-12/h1-8,11H,9-10H2,(H,20,22). The lowest BCUT2D eigenvalue weighted by atomic mass is 10.2. The highest BCUT2D eigenvalue weighted by Crippen LogP contribution is 2.27. The van der Waals surface area contributed by atoms with E-state index < -0.39 is 0 Å². The van der Waals surface area contributed by atoms with Crippen LogP contribution in [0.3, 0.4) is 0 Å². The second-order valence-electron chi connectivity index (χ2n) is 4.92. The molecule has 1 amide bonds. The van der Waals surface area contributed by atoms with Crippen molar-refractivity contribution in [2.75, 3.05) is 0 Å². The van der Waals surface area contributed by atoms with Gasteiger partial charge in [-0.1, -0.05) is 12.1 Å². The summed E-state index contributed by atoms with van der Waals surface area (Å²) in [7, 11) is 0. The Morgan fingerprint density at radius 2 is 1.96 bits per heavy atom. The smallest absolute Gasteiger partial charge is 0.225 e. The third-order valence-corrected chi connectivity index (χ3v) is 4.26. The van der Waals surface area contributed by atoms with Crippen LogP contribution in [-0.2, 0) is 17.8 Å². The van der Waals surface area contributed by atoms with Crippen molar-refractivity contribution in [1.29, 1.82) is 0 Å². The zero-order valence-corrected chi connectivity index (χ0v) is 13.0. The van der Waals surface area contributed by atoms with Crippen molar-refractivity contribution in [3.63, 3.8) is 0 Å². The second kappa shape index (κ2) is 7.11. The SMILES string of the molecule is O=C(Cc1cnc(-c2ccccc2F)s1)NCc1ccncc1. The van der Waals surface area contributed by atoms with Gasteiger partial charge in [0.2, 0.25) is 5.91 Å². The zero-order chi connectivity index (χ0) is 16.1. The molecule has 0 bridgehead atoms. The maximum atomic E-state index is 13.7. The Bertz CT molecular complexity index is 804. The highest BCUT2D eigenvalue weighted by atomic mass is 32.1. The molecule has 4 nitrogen and oxygen atoms in total. The molecular weight excluding hydrogens is 313 g/mol. The normalized spacial score (nSPS) is 10.5. The fraction of sp³-hybridized carbons (Fsp3) is 0.118. The third-order valence-electron chi connectivity index (χ3n) is 3.23. The fourth-order valence-electron chi connectivity index (χ4n) is 2.07. The maximum absolute atomic E-state index is 13.7. The van der Waals surface area contributed by atoms with Gasteiger partial charge < -0.3 is 5.32 Å². The van der Waals surface area contributed by atoms with Crippen LogP contribution in [0, 0.1) is 5.82 Å². The molecule has 1 aromatic carbocycles. The van der Waals surface area contributed by atoms with E-state index in [2.05, 4.69) is 15.3 Å². The molecule has 0 unspecified atom stereocenters. The van der Waals surface area contributed by atoms with Crippen molar-refractivity contribution in [1.82, 2.24) is 15.3 Å². The monoisotopic (exact) mass is 327 g/mol. The number of carbonyl (C=O) groups is 1. The molecular formula is C17H14FN3OS. The summed E-state index contributed by atoms with van der Waals surface area (Å²) in [4.78, 5) is 20.9. The number of rotatable bonds is 5. The second-order valence-corrected chi connectivity index (χ2v) is 6.04. The Kier molecular flexibility index (Phi) is 4.73. The topological polar surface area (TPSA) is 54.9 Å². The van der Waals surface area contributed by atoms with Crippen LogP contribution < -0.4 is 5.32 Å². The molecule has 0 aliphatic rings. The highest BCUT2D eigenvalue weighted by Gasteiger charge is 2.11. The van der Waals surface area contributed by atoms with Crippen molar-refractivity contribution in [2.24, 2.45) is 0 Å². The van der Waals surface area contributed by atoms with Gasteiger partial charge in [0.25, 0.3) is 0 Å². The molecule has 3 aromatic rings. The molecule has 0 aliphatic heterocycles. The van der Waals surface area contributed by atoms with Crippen molar-refractivity contribution >= 4 is 17.2 Å². The Hall–Kier alpha value is -2.60. The number of hydrogen-bond donors (Lipinski definition) is 1. The average molecular weight is 327 g/mol. The summed E-state index contributed by atoms with van der Waals surface area (Å²) in [6.07, 6.45) is 5.23. The Morgan fingerprint density at radius 1 is 1.17 bits per heavy atom. The fourth-order valence-corrected chi connectivity index (χ4v) is 3.01. The van der Waals surface area contributed by atoms with Gasteiger partial charge in [0.1, 0.15) is 10.8 Å². The number of halogens is 1. The number of nitrogens with zero attached hydrogens (tertiary/aromatic N) is 2. The summed E-state index contributed by atoms with van der Waals surface area (Å²) in [5, 5.41) is 3.43. The number of nitrogens with one attached hydrogen (secondary N) is 1. The summed E-state index contributed by atoms with van der Waals surface area (Å²) in [6, 6.07) is 10.2. The highest BCUT2D eigenvalue weighted by molar-refractivity contribution is 7.15. The predicted molar refractivity (Wildman–Crippen MR) is 87.3 cm³/mol. The Balaban J connectivity index is 1.61.